The first-order chi connectivity index (χ1) is 4.77. The lowest BCUT2D eigenvalue weighted by Gasteiger charge is -1.79. The van der Waals surface area contributed by atoms with Crippen LogP contribution >= 0.6 is 0 Å². The van der Waals surface area contributed by atoms with Gasteiger partial charge in [-0.15, -0.1) is 0 Å². The lowest BCUT2D eigenvalue weighted by atomic mass is 10.3. The van der Waals surface area contributed by atoms with Crippen LogP contribution in [-0.2, 0) is 0 Å². The normalized spacial score (nSPS) is 9.30. The molecule has 0 fully saturated rings. The largest absolute Gasteiger partial charge is 0.458 e. The number of carbonyl (C=O) groups excluding carboxylic acids is 2. The fourth-order valence-corrected chi connectivity index (χ4v) is 0.736. The van der Waals surface area contributed by atoms with Crippen LogP contribution in [0, 0.1) is 6.92 Å². The highest BCUT2D eigenvalue weighted by Gasteiger charge is 2.05. The smallest absolute Gasteiger partial charge is 0.186 e. The summed E-state index contributed by atoms with van der Waals surface area (Å²) in [5.74, 6) is 0.678. The Morgan fingerprint density at radius 2 is 2.10 bits per heavy atom. The topological polar surface area (TPSA) is 47.3 Å². The van der Waals surface area contributed by atoms with Gasteiger partial charge in [-0.2, -0.15) is 0 Å². The number of carbonyl (C=O) groups is 2. The highest BCUT2D eigenvalue weighted by Crippen LogP contribution is 2.09. The van der Waals surface area contributed by atoms with Crippen molar-refractivity contribution in [3.63, 3.8) is 0 Å². The molecular weight excluding hydrogens is 132 g/mol. The van der Waals surface area contributed by atoms with E-state index in [1.165, 1.54) is 6.07 Å². The fraction of sp³-hybridized carbons (Fsp3) is 0.143. The molecule has 0 saturated heterocycles. The van der Waals surface area contributed by atoms with Gasteiger partial charge in [0, 0.05) is 0 Å². The van der Waals surface area contributed by atoms with Crippen molar-refractivity contribution in [3.8, 4) is 0 Å². The van der Waals surface area contributed by atoms with Gasteiger partial charge in [0.15, 0.2) is 18.3 Å². The second-order valence-corrected chi connectivity index (χ2v) is 1.91. The molecule has 1 rings (SSSR count). The molecule has 0 spiro atoms. The summed E-state index contributed by atoms with van der Waals surface area (Å²) in [7, 11) is 0. The highest BCUT2D eigenvalue weighted by molar-refractivity contribution is 5.87. The molecule has 1 aromatic rings. The van der Waals surface area contributed by atoms with Gasteiger partial charge >= 0.3 is 0 Å². The summed E-state index contributed by atoms with van der Waals surface area (Å²) in [5.41, 5.74) is 0.313. The molecule has 0 aliphatic carbocycles. The third-order valence-corrected chi connectivity index (χ3v) is 1.15. The SMILES string of the molecule is Cc1cc(C=O)c(C=O)o1. The standard InChI is InChI=1S/C7H6O3/c1-5-2-6(3-8)7(4-9)10-5/h2-4H,1H3. The maximum absolute atomic E-state index is 10.2. The van der Waals surface area contributed by atoms with Crippen molar-refractivity contribution in [2.75, 3.05) is 0 Å². The van der Waals surface area contributed by atoms with Crippen LogP contribution in [0.25, 0.3) is 0 Å². The predicted molar refractivity (Wildman–Crippen MR) is 34.2 cm³/mol. The van der Waals surface area contributed by atoms with Crippen LogP contribution in [0.2, 0.25) is 0 Å². The van der Waals surface area contributed by atoms with E-state index in [9.17, 15) is 9.59 Å². The summed E-state index contributed by atoms with van der Waals surface area (Å²) < 4.78 is 4.86. The maximum atomic E-state index is 10.2. The minimum absolute atomic E-state index is 0.104. The van der Waals surface area contributed by atoms with Crippen molar-refractivity contribution in [1.29, 1.82) is 0 Å². The Kier molecular flexibility index (Phi) is 1.67. The van der Waals surface area contributed by atoms with Crippen molar-refractivity contribution in [2.45, 2.75) is 6.92 Å². The van der Waals surface area contributed by atoms with E-state index in [1.807, 2.05) is 0 Å². The van der Waals surface area contributed by atoms with Gasteiger partial charge in [0.05, 0.1) is 5.56 Å². The second kappa shape index (κ2) is 2.47. The minimum Gasteiger partial charge on any atom is -0.458 e. The summed E-state index contributed by atoms with van der Waals surface area (Å²) >= 11 is 0. The molecule has 3 nitrogen and oxygen atoms in total. The van der Waals surface area contributed by atoms with Crippen LogP contribution in [-0.4, -0.2) is 12.6 Å². The molecule has 0 aromatic carbocycles. The molecule has 0 unspecified atom stereocenters. The summed E-state index contributed by atoms with van der Waals surface area (Å²) in [4.78, 5) is 20.3. The van der Waals surface area contributed by atoms with Crippen LogP contribution in [0.15, 0.2) is 10.5 Å². The van der Waals surface area contributed by atoms with Gasteiger partial charge in [-0.05, 0) is 13.0 Å². The van der Waals surface area contributed by atoms with E-state index in [0.29, 0.717) is 23.9 Å². The minimum atomic E-state index is 0.104. The van der Waals surface area contributed by atoms with Gasteiger partial charge in [0.1, 0.15) is 5.76 Å². The van der Waals surface area contributed by atoms with Gasteiger partial charge < -0.3 is 4.42 Å². The summed E-state index contributed by atoms with van der Waals surface area (Å²) in [6.45, 7) is 1.68. The molecule has 1 heterocycles. The lowest BCUT2D eigenvalue weighted by Crippen LogP contribution is -1.81. The van der Waals surface area contributed by atoms with E-state index in [1.54, 1.807) is 6.92 Å². The monoisotopic (exact) mass is 138 g/mol. The number of hydrogen-bond donors (Lipinski definition) is 0. The molecule has 0 aliphatic heterocycles. The van der Waals surface area contributed by atoms with E-state index >= 15 is 0 Å². The average Bonchev–Trinajstić information content (AvgIpc) is 2.30. The first-order valence-electron chi connectivity index (χ1n) is 2.78. The van der Waals surface area contributed by atoms with Crippen molar-refractivity contribution >= 4 is 12.6 Å². The average molecular weight is 138 g/mol. The molecule has 0 aliphatic rings. The fourth-order valence-electron chi connectivity index (χ4n) is 0.736. The number of aldehydes is 2. The molecule has 0 radical (unpaired) electrons. The Hall–Kier alpha value is -1.38. The number of rotatable bonds is 2. The Morgan fingerprint density at radius 1 is 1.40 bits per heavy atom. The molecule has 1 aromatic heterocycles. The Balaban J connectivity index is 3.20. The molecule has 0 N–H and O–H groups in total. The zero-order valence-electron chi connectivity index (χ0n) is 5.46. The first kappa shape index (κ1) is 6.74. The predicted octanol–water partition coefficient (Wildman–Crippen LogP) is 1.21. The maximum Gasteiger partial charge on any atom is 0.186 e. The van der Waals surface area contributed by atoms with Crippen LogP contribution < -0.4 is 0 Å². The lowest BCUT2D eigenvalue weighted by molar-refractivity contribution is 0.107. The van der Waals surface area contributed by atoms with Gasteiger partial charge in [-0.25, -0.2) is 0 Å². The summed E-state index contributed by atoms with van der Waals surface area (Å²) in [5, 5.41) is 0. The van der Waals surface area contributed by atoms with Gasteiger partial charge in [0.25, 0.3) is 0 Å². The second-order valence-electron chi connectivity index (χ2n) is 1.91. The molecule has 0 bridgehead atoms. The molecular formula is C7H6O3. The van der Waals surface area contributed by atoms with Gasteiger partial charge in [-0.3, -0.25) is 9.59 Å². The van der Waals surface area contributed by atoms with E-state index in [4.69, 9.17) is 4.42 Å². The summed E-state index contributed by atoms with van der Waals surface area (Å²) in [6, 6.07) is 1.52. The van der Waals surface area contributed by atoms with E-state index in [2.05, 4.69) is 0 Å². The third kappa shape index (κ3) is 0.978. The zero-order chi connectivity index (χ0) is 7.56. The third-order valence-electron chi connectivity index (χ3n) is 1.15. The molecule has 52 valence electrons. The zero-order valence-corrected chi connectivity index (χ0v) is 5.46. The van der Waals surface area contributed by atoms with E-state index in [0.717, 1.165) is 0 Å². The van der Waals surface area contributed by atoms with Crippen molar-refractivity contribution in [3.05, 3.63) is 23.2 Å². The van der Waals surface area contributed by atoms with Crippen LogP contribution in [0.5, 0.6) is 0 Å². The van der Waals surface area contributed by atoms with Crippen LogP contribution in [0.4, 0.5) is 0 Å². The molecule has 0 amide bonds. The molecule has 3 heteroatoms. The Bertz CT molecular complexity index is 234. The highest BCUT2D eigenvalue weighted by atomic mass is 16.3. The van der Waals surface area contributed by atoms with Crippen LogP contribution in [0.3, 0.4) is 0 Å². The number of aryl methyl sites for hydroxylation is 1. The van der Waals surface area contributed by atoms with E-state index in [-0.39, 0.29) is 5.76 Å². The molecule has 0 saturated carbocycles. The Morgan fingerprint density at radius 3 is 2.50 bits per heavy atom. The van der Waals surface area contributed by atoms with Crippen molar-refractivity contribution in [2.24, 2.45) is 0 Å². The Labute approximate surface area is 57.6 Å². The van der Waals surface area contributed by atoms with Crippen molar-refractivity contribution in [1.82, 2.24) is 0 Å². The first-order valence-corrected chi connectivity index (χ1v) is 2.78. The van der Waals surface area contributed by atoms with Gasteiger partial charge in [0.2, 0.25) is 0 Å². The number of furan rings is 1. The van der Waals surface area contributed by atoms with Crippen LogP contribution in [0.1, 0.15) is 26.7 Å². The van der Waals surface area contributed by atoms with Crippen molar-refractivity contribution < 1.29 is 14.0 Å². The van der Waals surface area contributed by atoms with Gasteiger partial charge in [-0.1, -0.05) is 0 Å². The number of hydrogen-bond acceptors (Lipinski definition) is 3. The molecule has 0 atom stereocenters. The summed E-state index contributed by atoms with van der Waals surface area (Å²) in [6.07, 6.45) is 1.12. The van der Waals surface area contributed by atoms with E-state index < -0.39 is 0 Å². The quantitative estimate of drug-likeness (QED) is 0.577. The molecule has 10 heavy (non-hydrogen) atoms.